The van der Waals surface area contributed by atoms with Crippen LogP contribution in [0.4, 0.5) is 4.39 Å². The van der Waals surface area contributed by atoms with Crippen LogP contribution in [0.25, 0.3) is 11.0 Å². The number of hydrogen-bond donors (Lipinski definition) is 1. The third-order valence-electron chi connectivity index (χ3n) is 3.97. The highest BCUT2D eigenvalue weighted by molar-refractivity contribution is 5.79. The van der Waals surface area contributed by atoms with E-state index in [0.29, 0.717) is 6.42 Å². The van der Waals surface area contributed by atoms with E-state index in [9.17, 15) is 9.18 Å². The van der Waals surface area contributed by atoms with Crippen molar-refractivity contribution >= 4 is 17.0 Å². The molecule has 5 heteroatoms. The average molecular weight is 326 g/mol. The van der Waals surface area contributed by atoms with Crippen molar-refractivity contribution in [2.45, 2.75) is 32.7 Å². The molecule has 3 aromatic rings. The molecule has 0 aliphatic heterocycles. The number of rotatable bonds is 5. The first kappa shape index (κ1) is 16.2. The number of aromatic nitrogens is 2. The van der Waals surface area contributed by atoms with Gasteiger partial charge in [0, 0.05) is 12.5 Å². The Morgan fingerprint density at radius 3 is 2.46 bits per heavy atom. The molecule has 0 aliphatic rings. The quantitative estimate of drug-likeness (QED) is 0.772. The van der Waals surface area contributed by atoms with E-state index in [2.05, 4.69) is 18.4 Å². The monoisotopic (exact) mass is 326 g/mol. The first-order valence-corrected chi connectivity index (χ1v) is 7.90. The number of aliphatic carboxylic acids is 1. The van der Waals surface area contributed by atoms with Crippen LogP contribution in [0.15, 0.2) is 42.5 Å². The third kappa shape index (κ3) is 3.30. The van der Waals surface area contributed by atoms with E-state index in [1.54, 1.807) is 12.1 Å². The van der Waals surface area contributed by atoms with E-state index in [1.807, 2.05) is 18.2 Å². The summed E-state index contributed by atoms with van der Waals surface area (Å²) in [6.45, 7) is 4.17. The molecule has 3 rings (SSSR count). The summed E-state index contributed by atoms with van der Waals surface area (Å²) in [5.74, 6) is -0.224. The first-order chi connectivity index (χ1) is 11.4. The number of halogens is 1. The van der Waals surface area contributed by atoms with Gasteiger partial charge in [0.05, 0.1) is 17.5 Å². The summed E-state index contributed by atoms with van der Waals surface area (Å²) in [5, 5.41) is 8.95. The molecule has 0 bridgehead atoms. The standard InChI is InChI=1S/C19H19FN2O2/c1-12(2)22-17-8-5-14(11-19(23)24)9-16(17)21-18(22)10-13-3-6-15(20)7-4-13/h3-9,12H,10-11H2,1-2H3,(H,23,24). The Morgan fingerprint density at radius 1 is 1.17 bits per heavy atom. The minimum absolute atomic E-state index is 0.0161. The summed E-state index contributed by atoms with van der Waals surface area (Å²) in [6.07, 6.45) is 0.583. The SMILES string of the molecule is CC(C)n1c(Cc2ccc(F)cc2)nc2cc(CC(=O)O)ccc21. The first-order valence-electron chi connectivity index (χ1n) is 7.90. The van der Waals surface area contributed by atoms with Crippen LogP contribution in [-0.2, 0) is 17.6 Å². The summed E-state index contributed by atoms with van der Waals surface area (Å²) in [4.78, 5) is 15.6. The highest BCUT2D eigenvalue weighted by Gasteiger charge is 2.15. The normalized spacial score (nSPS) is 11.3. The maximum absolute atomic E-state index is 13.1. The molecule has 0 fully saturated rings. The average Bonchev–Trinajstić information content (AvgIpc) is 2.86. The van der Waals surface area contributed by atoms with Gasteiger partial charge in [-0.05, 0) is 49.2 Å². The van der Waals surface area contributed by atoms with Crippen LogP contribution in [0.2, 0.25) is 0 Å². The molecule has 0 unspecified atom stereocenters. The van der Waals surface area contributed by atoms with Gasteiger partial charge >= 0.3 is 5.97 Å². The predicted molar refractivity (Wildman–Crippen MR) is 90.7 cm³/mol. The minimum Gasteiger partial charge on any atom is -0.481 e. The minimum atomic E-state index is -0.857. The number of nitrogens with zero attached hydrogens (tertiary/aromatic N) is 2. The Bertz CT molecular complexity index is 882. The van der Waals surface area contributed by atoms with Gasteiger partial charge in [-0.15, -0.1) is 0 Å². The lowest BCUT2D eigenvalue weighted by molar-refractivity contribution is -0.136. The number of carboxylic acid groups (broad SMARTS) is 1. The molecule has 1 aromatic heterocycles. The molecule has 1 heterocycles. The number of benzene rings is 2. The number of carboxylic acids is 1. The van der Waals surface area contributed by atoms with E-state index in [4.69, 9.17) is 10.1 Å². The fraction of sp³-hybridized carbons (Fsp3) is 0.263. The van der Waals surface area contributed by atoms with Gasteiger partial charge in [-0.3, -0.25) is 4.79 Å². The van der Waals surface area contributed by atoms with Crippen molar-refractivity contribution in [1.29, 1.82) is 0 Å². The lowest BCUT2D eigenvalue weighted by Gasteiger charge is -2.13. The summed E-state index contributed by atoms with van der Waals surface area (Å²) < 4.78 is 15.2. The van der Waals surface area contributed by atoms with E-state index in [-0.39, 0.29) is 18.3 Å². The summed E-state index contributed by atoms with van der Waals surface area (Å²) in [5.41, 5.74) is 3.49. The van der Waals surface area contributed by atoms with Crippen LogP contribution in [0, 0.1) is 5.82 Å². The fourth-order valence-corrected chi connectivity index (χ4v) is 2.96. The lowest BCUT2D eigenvalue weighted by atomic mass is 10.1. The Hall–Kier alpha value is -2.69. The zero-order valence-corrected chi connectivity index (χ0v) is 13.7. The van der Waals surface area contributed by atoms with Crippen LogP contribution < -0.4 is 0 Å². The summed E-state index contributed by atoms with van der Waals surface area (Å²) in [7, 11) is 0. The lowest BCUT2D eigenvalue weighted by Crippen LogP contribution is -2.07. The fourth-order valence-electron chi connectivity index (χ4n) is 2.96. The highest BCUT2D eigenvalue weighted by Crippen LogP contribution is 2.24. The molecule has 124 valence electrons. The molecule has 0 radical (unpaired) electrons. The number of hydrogen-bond acceptors (Lipinski definition) is 2. The molecule has 0 atom stereocenters. The van der Waals surface area contributed by atoms with Gasteiger partial charge in [0.2, 0.25) is 0 Å². The van der Waals surface area contributed by atoms with Crippen LogP contribution in [0.3, 0.4) is 0 Å². The molecule has 0 saturated heterocycles. The smallest absolute Gasteiger partial charge is 0.307 e. The Balaban J connectivity index is 2.03. The van der Waals surface area contributed by atoms with Gasteiger partial charge in [-0.1, -0.05) is 18.2 Å². The Morgan fingerprint density at radius 2 is 1.83 bits per heavy atom. The number of imidazole rings is 1. The van der Waals surface area contributed by atoms with E-state index >= 15 is 0 Å². The van der Waals surface area contributed by atoms with Crippen molar-refractivity contribution in [1.82, 2.24) is 9.55 Å². The maximum atomic E-state index is 13.1. The predicted octanol–water partition coefficient (Wildman–Crippen LogP) is 3.97. The van der Waals surface area contributed by atoms with Gasteiger partial charge in [-0.2, -0.15) is 0 Å². The van der Waals surface area contributed by atoms with Crippen LogP contribution in [0.5, 0.6) is 0 Å². The second kappa shape index (κ2) is 6.43. The van der Waals surface area contributed by atoms with Gasteiger partial charge < -0.3 is 9.67 Å². The van der Waals surface area contributed by atoms with E-state index < -0.39 is 5.97 Å². The van der Waals surface area contributed by atoms with Crippen molar-refractivity contribution in [2.75, 3.05) is 0 Å². The van der Waals surface area contributed by atoms with Crippen molar-refractivity contribution in [3.63, 3.8) is 0 Å². The molecular weight excluding hydrogens is 307 g/mol. The largest absolute Gasteiger partial charge is 0.481 e. The zero-order chi connectivity index (χ0) is 17.3. The van der Waals surface area contributed by atoms with Gasteiger partial charge in [0.1, 0.15) is 11.6 Å². The van der Waals surface area contributed by atoms with Crippen molar-refractivity contribution in [3.05, 3.63) is 65.2 Å². The zero-order valence-electron chi connectivity index (χ0n) is 13.7. The van der Waals surface area contributed by atoms with Crippen LogP contribution >= 0.6 is 0 Å². The second-order valence-electron chi connectivity index (χ2n) is 6.19. The Labute approximate surface area is 139 Å². The summed E-state index contributed by atoms with van der Waals surface area (Å²) >= 11 is 0. The maximum Gasteiger partial charge on any atom is 0.307 e. The van der Waals surface area contributed by atoms with Gasteiger partial charge in [0.15, 0.2) is 0 Å². The van der Waals surface area contributed by atoms with Crippen molar-refractivity contribution in [3.8, 4) is 0 Å². The molecule has 4 nitrogen and oxygen atoms in total. The molecule has 0 amide bonds. The number of fused-ring (bicyclic) bond motifs is 1. The number of carbonyl (C=O) groups is 1. The van der Waals surface area contributed by atoms with E-state index in [0.717, 1.165) is 28.0 Å². The third-order valence-corrected chi connectivity index (χ3v) is 3.97. The molecular formula is C19H19FN2O2. The topological polar surface area (TPSA) is 55.1 Å². The van der Waals surface area contributed by atoms with E-state index in [1.165, 1.54) is 12.1 Å². The molecule has 0 saturated carbocycles. The molecule has 2 aromatic carbocycles. The van der Waals surface area contributed by atoms with Crippen LogP contribution in [-0.4, -0.2) is 20.6 Å². The highest BCUT2D eigenvalue weighted by atomic mass is 19.1. The molecule has 0 spiro atoms. The second-order valence-corrected chi connectivity index (χ2v) is 6.19. The van der Waals surface area contributed by atoms with Crippen molar-refractivity contribution in [2.24, 2.45) is 0 Å². The molecule has 1 N–H and O–H groups in total. The molecule has 24 heavy (non-hydrogen) atoms. The van der Waals surface area contributed by atoms with Crippen molar-refractivity contribution < 1.29 is 14.3 Å². The Kier molecular flexibility index (Phi) is 4.34. The molecule has 0 aliphatic carbocycles. The summed E-state index contributed by atoms with van der Waals surface area (Å²) in [6, 6.07) is 12.2. The van der Waals surface area contributed by atoms with Crippen LogP contribution in [0.1, 0.15) is 36.8 Å². The van der Waals surface area contributed by atoms with Gasteiger partial charge in [0.25, 0.3) is 0 Å². The van der Waals surface area contributed by atoms with Gasteiger partial charge in [-0.25, -0.2) is 9.37 Å².